The predicted octanol–water partition coefficient (Wildman–Crippen LogP) is 13.8. The van der Waals surface area contributed by atoms with Gasteiger partial charge in [-0.25, -0.2) is 4.98 Å². The van der Waals surface area contributed by atoms with Crippen molar-refractivity contribution in [3.8, 4) is 44.8 Å². The molecule has 0 unspecified atom stereocenters. The molecule has 0 N–H and O–H groups in total. The summed E-state index contributed by atoms with van der Waals surface area (Å²) in [5.41, 5.74) is 16.2. The molecule has 0 amide bonds. The first-order valence-corrected chi connectivity index (χ1v) is 18.2. The zero-order chi connectivity index (χ0) is 35.5. The molecule has 53 heavy (non-hydrogen) atoms. The van der Waals surface area contributed by atoms with E-state index in [0.29, 0.717) is 5.89 Å². The first kappa shape index (κ1) is 31.1. The molecule has 9 aromatic rings. The van der Waals surface area contributed by atoms with Gasteiger partial charge in [-0.1, -0.05) is 135 Å². The molecule has 1 aliphatic rings. The highest BCUT2D eigenvalue weighted by Gasteiger charge is 2.36. The zero-order valence-electron chi connectivity index (χ0n) is 29.6. The largest absolute Gasteiger partial charge is 0.436 e. The summed E-state index contributed by atoms with van der Waals surface area (Å²) in [4.78, 5) is 7.26. The van der Waals surface area contributed by atoms with E-state index >= 15 is 0 Å². The van der Waals surface area contributed by atoms with Crippen molar-refractivity contribution < 1.29 is 4.42 Å². The number of benzene rings is 8. The summed E-state index contributed by atoms with van der Waals surface area (Å²) in [6, 6.07) is 64.9. The fourth-order valence-electron chi connectivity index (χ4n) is 8.30. The van der Waals surface area contributed by atoms with Gasteiger partial charge in [-0.2, -0.15) is 0 Å². The van der Waals surface area contributed by atoms with Crippen molar-refractivity contribution in [2.45, 2.75) is 19.3 Å². The molecule has 0 radical (unpaired) electrons. The minimum Gasteiger partial charge on any atom is -0.436 e. The molecule has 1 aliphatic carbocycles. The SMILES string of the molecule is CC1(C)c2ccccc2-c2c(-c3ccc(N(c4ccccc4)c4ccc(-c5cccc6c5ccc5oc(-c7ccccc7)nc56)cc4)cc3)cccc21. The monoisotopic (exact) mass is 680 g/mol. The summed E-state index contributed by atoms with van der Waals surface area (Å²) in [5.74, 6) is 0.638. The maximum absolute atomic E-state index is 6.19. The van der Waals surface area contributed by atoms with E-state index in [1.807, 2.05) is 36.4 Å². The summed E-state index contributed by atoms with van der Waals surface area (Å²) in [6.45, 7) is 4.68. The molecule has 252 valence electrons. The first-order valence-electron chi connectivity index (χ1n) is 18.2. The van der Waals surface area contributed by atoms with Crippen LogP contribution in [0.5, 0.6) is 0 Å². The second-order valence-corrected chi connectivity index (χ2v) is 14.4. The van der Waals surface area contributed by atoms with E-state index in [9.17, 15) is 0 Å². The molecule has 0 saturated heterocycles. The molecule has 0 aliphatic heterocycles. The van der Waals surface area contributed by atoms with Gasteiger partial charge in [0, 0.05) is 33.4 Å². The molecule has 8 aromatic carbocycles. The van der Waals surface area contributed by atoms with Gasteiger partial charge < -0.3 is 9.32 Å². The van der Waals surface area contributed by atoms with Gasteiger partial charge in [-0.05, 0) is 111 Å². The quantitative estimate of drug-likeness (QED) is 0.175. The fraction of sp³-hybridized carbons (Fsp3) is 0.0600. The van der Waals surface area contributed by atoms with Crippen LogP contribution in [0.15, 0.2) is 186 Å². The van der Waals surface area contributed by atoms with Crippen molar-refractivity contribution in [1.29, 1.82) is 0 Å². The third-order valence-corrected chi connectivity index (χ3v) is 10.9. The van der Waals surface area contributed by atoms with Gasteiger partial charge in [0.2, 0.25) is 5.89 Å². The van der Waals surface area contributed by atoms with Crippen molar-refractivity contribution in [1.82, 2.24) is 4.98 Å². The molecular formula is C50H36N2O. The Kier molecular flexibility index (Phi) is 7.16. The van der Waals surface area contributed by atoms with Crippen LogP contribution in [-0.2, 0) is 5.41 Å². The Balaban J connectivity index is 1.02. The molecule has 3 heteroatoms. The van der Waals surface area contributed by atoms with Crippen molar-refractivity contribution in [3.05, 3.63) is 193 Å². The standard InChI is InChI=1S/C50H36N2O/c1-50(2)44-21-10-9-17-43(44)47-40(19-12-22-45(47)50)34-25-29-38(30-26-34)52(36-15-7-4-8-16-36)37-27-23-33(24-28-37)39-18-11-20-42-41(39)31-32-46-48(42)51-49(53-46)35-13-5-3-6-14-35/h3-32H,1-2H3. The normalized spacial score (nSPS) is 12.9. The number of nitrogens with zero attached hydrogens (tertiary/aromatic N) is 2. The second-order valence-electron chi connectivity index (χ2n) is 14.4. The third-order valence-electron chi connectivity index (χ3n) is 10.9. The number of fused-ring (bicyclic) bond motifs is 6. The van der Waals surface area contributed by atoms with Crippen LogP contribution in [0.3, 0.4) is 0 Å². The van der Waals surface area contributed by atoms with Gasteiger partial charge >= 0.3 is 0 Å². The Labute approximate surface area is 309 Å². The van der Waals surface area contributed by atoms with E-state index in [4.69, 9.17) is 9.40 Å². The van der Waals surface area contributed by atoms with E-state index in [1.165, 1.54) is 33.4 Å². The minimum atomic E-state index is -0.0293. The van der Waals surface area contributed by atoms with E-state index in [0.717, 1.165) is 55.6 Å². The number of hydrogen-bond donors (Lipinski definition) is 0. The summed E-state index contributed by atoms with van der Waals surface area (Å²) in [7, 11) is 0. The van der Waals surface area contributed by atoms with Gasteiger partial charge in [0.25, 0.3) is 0 Å². The number of hydrogen-bond acceptors (Lipinski definition) is 3. The Morgan fingerprint density at radius 3 is 1.74 bits per heavy atom. The van der Waals surface area contributed by atoms with Crippen LogP contribution in [0.4, 0.5) is 17.1 Å². The number of rotatable bonds is 6. The molecule has 3 nitrogen and oxygen atoms in total. The van der Waals surface area contributed by atoms with Gasteiger partial charge in [-0.3, -0.25) is 0 Å². The smallest absolute Gasteiger partial charge is 0.227 e. The van der Waals surface area contributed by atoms with E-state index in [2.05, 4.69) is 164 Å². The highest BCUT2D eigenvalue weighted by Crippen LogP contribution is 2.52. The number of para-hydroxylation sites is 1. The van der Waals surface area contributed by atoms with Gasteiger partial charge in [0.05, 0.1) is 0 Å². The third kappa shape index (κ3) is 5.08. The van der Waals surface area contributed by atoms with E-state index in [-0.39, 0.29) is 5.41 Å². The molecular weight excluding hydrogens is 645 g/mol. The lowest BCUT2D eigenvalue weighted by Gasteiger charge is -2.26. The summed E-state index contributed by atoms with van der Waals surface area (Å²) >= 11 is 0. The van der Waals surface area contributed by atoms with Crippen LogP contribution in [-0.4, -0.2) is 4.98 Å². The number of oxazole rings is 1. The average molecular weight is 681 g/mol. The molecule has 0 fully saturated rings. The molecule has 0 saturated carbocycles. The maximum Gasteiger partial charge on any atom is 0.227 e. The fourth-order valence-corrected chi connectivity index (χ4v) is 8.30. The Hall–Kier alpha value is -6.71. The van der Waals surface area contributed by atoms with E-state index in [1.54, 1.807) is 0 Å². The van der Waals surface area contributed by atoms with Crippen LogP contribution in [0.25, 0.3) is 66.7 Å². The number of anilines is 3. The minimum absolute atomic E-state index is 0.0293. The Bertz CT molecular complexity index is 2780. The highest BCUT2D eigenvalue weighted by atomic mass is 16.3. The van der Waals surface area contributed by atoms with Crippen molar-refractivity contribution in [2.24, 2.45) is 0 Å². The lowest BCUT2D eigenvalue weighted by atomic mass is 9.82. The topological polar surface area (TPSA) is 29.3 Å². The zero-order valence-corrected chi connectivity index (χ0v) is 29.6. The molecule has 0 atom stereocenters. The molecule has 0 spiro atoms. The lowest BCUT2D eigenvalue weighted by Crippen LogP contribution is -2.14. The lowest BCUT2D eigenvalue weighted by molar-refractivity contribution is 0.620. The second kappa shape index (κ2) is 12.2. The van der Waals surface area contributed by atoms with Crippen molar-refractivity contribution in [2.75, 3.05) is 4.90 Å². The summed E-state index contributed by atoms with van der Waals surface area (Å²) in [5, 5.41) is 2.23. The van der Waals surface area contributed by atoms with Crippen LogP contribution in [0.1, 0.15) is 25.0 Å². The predicted molar refractivity (Wildman–Crippen MR) is 220 cm³/mol. The van der Waals surface area contributed by atoms with Crippen LogP contribution >= 0.6 is 0 Å². The Morgan fingerprint density at radius 2 is 1.00 bits per heavy atom. The highest BCUT2D eigenvalue weighted by molar-refractivity contribution is 6.09. The molecule has 1 heterocycles. The van der Waals surface area contributed by atoms with Gasteiger partial charge in [-0.15, -0.1) is 0 Å². The van der Waals surface area contributed by atoms with Crippen molar-refractivity contribution >= 4 is 38.9 Å². The van der Waals surface area contributed by atoms with Crippen LogP contribution in [0, 0.1) is 0 Å². The molecule has 1 aromatic heterocycles. The number of aromatic nitrogens is 1. The summed E-state index contributed by atoms with van der Waals surface area (Å²) < 4.78 is 6.19. The van der Waals surface area contributed by atoms with E-state index < -0.39 is 0 Å². The van der Waals surface area contributed by atoms with Gasteiger partial charge in [0.1, 0.15) is 5.52 Å². The van der Waals surface area contributed by atoms with Crippen LogP contribution in [0.2, 0.25) is 0 Å². The summed E-state index contributed by atoms with van der Waals surface area (Å²) in [6.07, 6.45) is 0. The maximum atomic E-state index is 6.19. The molecule has 10 rings (SSSR count). The molecule has 0 bridgehead atoms. The first-order chi connectivity index (χ1) is 26.0. The Morgan fingerprint density at radius 1 is 0.434 bits per heavy atom. The van der Waals surface area contributed by atoms with Gasteiger partial charge in [0.15, 0.2) is 5.58 Å². The average Bonchev–Trinajstić information content (AvgIpc) is 3.76. The van der Waals surface area contributed by atoms with Crippen LogP contribution < -0.4 is 4.90 Å². The van der Waals surface area contributed by atoms with Crippen molar-refractivity contribution in [3.63, 3.8) is 0 Å².